The van der Waals surface area contributed by atoms with E-state index in [2.05, 4.69) is 11.1 Å². The molecule has 0 aliphatic carbocycles. The molecule has 0 saturated heterocycles. The fourth-order valence-corrected chi connectivity index (χ4v) is 3.03. The van der Waals surface area contributed by atoms with Gasteiger partial charge in [0.1, 0.15) is 0 Å². The van der Waals surface area contributed by atoms with Gasteiger partial charge in [-0.2, -0.15) is 15.0 Å². The minimum absolute atomic E-state index is 0. The molecule has 0 unspecified atom stereocenters. The van der Waals surface area contributed by atoms with Crippen LogP contribution in [0.1, 0.15) is 117 Å². The molecule has 0 amide bonds. The minimum atomic E-state index is -3.16. The van der Waals surface area contributed by atoms with Crippen LogP contribution in [0.4, 0.5) is 0 Å². The van der Waals surface area contributed by atoms with E-state index in [1.54, 1.807) is 0 Å². The predicted molar refractivity (Wildman–Crippen MR) is 115 cm³/mol. The molecule has 0 atom stereocenters. The van der Waals surface area contributed by atoms with Crippen molar-refractivity contribution in [3.63, 3.8) is 0 Å². The summed E-state index contributed by atoms with van der Waals surface area (Å²) >= 11 is 0. The molecular formula is C21H46NNaO3S. The van der Waals surface area contributed by atoms with Crippen molar-refractivity contribution in [1.29, 1.82) is 0 Å². The zero-order chi connectivity index (χ0) is 19.9. The van der Waals surface area contributed by atoms with Crippen LogP contribution in [0, 0.1) is 0 Å². The van der Waals surface area contributed by atoms with Crippen LogP contribution in [0.2, 0.25) is 0 Å². The molecule has 0 aromatic heterocycles. The number of unbranched alkanes of at least 4 members (excludes halogenated alkanes) is 15. The van der Waals surface area contributed by atoms with Gasteiger partial charge in [0.25, 0.3) is 10.1 Å². The van der Waals surface area contributed by atoms with E-state index in [1.807, 2.05) is 0 Å². The molecule has 27 heavy (non-hydrogen) atoms. The van der Waals surface area contributed by atoms with Gasteiger partial charge in [-0.25, -0.2) is 0 Å². The SMILES string of the molecule is CCCCCCCCCCCCCCCCCC[NH-].CCS(=O)(=O)OC.[Na+]. The Balaban J connectivity index is -0.000000612. The zero-order valence-electron chi connectivity index (χ0n) is 18.9. The summed E-state index contributed by atoms with van der Waals surface area (Å²) in [5, 5.41) is 0. The van der Waals surface area contributed by atoms with Crippen molar-refractivity contribution in [2.24, 2.45) is 0 Å². The Morgan fingerprint density at radius 3 is 1.11 bits per heavy atom. The van der Waals surface area contributed by atoms with Crippen molar-refractivity contribution in [3.8, 4) is 0 Å². The van der Waals surface area contributed by atoms with Crippen molar-refractivity contribution in [2.75, 3.05) is 19.4 Å². The monoisotopic (exact) mass is 415 g/mol. The van der Waals surface area contributed by atoms with Gasteiger partial charge in [0, 0.05) is 0 Å². The Morgan fingerprint density at radius 2 is 0.926 bits per heavy atom. The van der Waals surface area contributed by atoms with Crippen LogP contribution < -0.4 is 29.6 Å². The Hall–Kier alpha value is 0.870. The van der Waals surface area contributed by atoms with Crippen molar-refractivity contribution < 1.29 is 42.2 Å². The van der Waals surface area contributed by atoms with Crippen molar-refractivity contribution in [1.82, 2.24) is 0 Å². The predicted octanol–water partition coefficient (Wildman–Crippen LogP) is 4.29. The normalized spacial score (nSPS) is 10.8. The van der Waals surface area contributed by atoms with Gasteiger partial charge in [-0.15, -0.1) is 0 Å². The molecule has 0 bridgehead atoms. The fourth-order valence-electron chi connectivity index (χ4n) is 2.79. The fraction of sp³-hybridized carbons (Fsp3) is 1.00. The molecule has 0 aliphatic rings. The van der Waals surface area contributed by atoms with E-state index < -0.39 is 10.1 Å². The first-order chi connectivity index (χ1) is 12.5. The number of nitrogens with one attached hydrogen (secondary N) is 1. The van der Waals surface area contributed by atoms with Crippen LogP contribution in [0.5, 0.6) is 0 Å². The van der Waals surface area contributed by atoms with E-state index in [-0.39, 0.29) is 35.3 Å². The zero-order valence-corrected chi connectivity index (χ0v) is 21.7. The van der Waals surface area contributed by atoms with E-state index in [9.17, 15) is 8.42 Å². The molecule has 160 valence electrons. The summed E-state index contributed by atoms with van der Waals surface area (Å²) in [6.07, 6.45) is 22.5. The van der Waals surface area contributed by atoms with Gasteiger partial charge < -0.3 is 5.73 Å². The van der Waals surface area contributed by atoms with Gasteiger partial charge in [0.2, 0.25) is 0 Å². The quantitative estimate of drug-likeness (QED) is 0.191. The third-order valence-corrected chi connectivity index (χ3v) is 5.85. The van der Waals surface area contributed by atoms with E-state index >= 15 is 0 Å². The molecule has 6 heteroatoms. The van der Waals surface area contributed by atoms with Gasteiger partial charge in [-0.1, -0.05) is 110 Å². The van der Waals surface area contributed by atoms with Crippen LogP contribution in [0.15, 0.2) is 0 Å². The first-order valence-electron chi connectivity index (χ1n) is 11.0. The van der Waals surface area contributed by atoms with Crippen molar-refractivity contribution in [3.05, 3.63) is 5.73 Å². The summed E-state index contributed by atoms with van der Waals surface area (Å²) in [5.74, 6) is 0.0451. The third kappa shape index (κ3) is 31.8. The molecule has 0 rings (SSSR count). The smallest absolute Gasteiger partial charge is 0.677 e. The second kappa shape index (κ2) is 26.9. The average molecular weight is 416 g/mol. The van der Waals surface area contributed by atoms with Gasteiger partial charge in [-0.05, 0) is 6.92 Å². The maximum absolute atomic E-state index is 10.1. The van der Waals surface area contributed by atoms with E-state index in [0.717, 1.165) is 13.5 Å². The Bertz CT molecular complexity index is 325. The topological polar surface area (TPSA) is 67.2 Å². The molecular weight excluding hydrogens is 369 g/mol. The standard InChI is InChI=1S/C18H38N.C3H8O3S.Na/c1-2-3-4-5-6-7-8-9-10-11-12-13-14-15-16-17-18-19;1-3-7(4,5)6-2;/h19H,2-18H2,1H3;3H2,1-2H3;/q-1;;+1. The molecule has 1 N–H and O–H groups in total. The Labute approximate surface area is 193 Å². The Kier molecular flexibility index (Phi) is 32.4. The van der Waals surface area contributed by atoms with Crippen molar-refractivity contribution >= 4 is 10.1 Å². The first kappa shape index (κ1) is 32.5. The number of hydrogen-bond donors (Lipinski definition) is 0. The second-order valence-electron chi connectivity index (χ2n) is 7.07. The summed E-state index contributed by atoms with van der Waals surface area (Å²) < 4.78 is 24.4. The third-order valence-electron chi connectivity index (χ3n) is 4.64. The van der Waals surface area contributed by atoms with E-state index in [4.69, 9.17) is 5.73 Å². The van der Waals surface area contributed by atoms with Crippen LogP contribution >= 0.6 is 0 Å². The summed E-state index contributed by atoms with van der Waals surface area (Å²) in [4.78, 5) is 0. The average Bonchev–Trinajstić information content (AvgIpc) is 2.65. The number of rotatable bonds is 18. The van der Waals surface area contributed by atoms with Crippen molar-refractivity contribution in [2.45, 2.75) is 117 Å². The maximum Gasteiger partial charge on any atom is 1.00 e. The van der Waals surface area contributed by atoms with Crippen LogP contribution in [0.3, 0.4) is 0 Å². The molecule has 4 nitrogen and oxygen atoms in total. The molecule has 0 aromatic carbocycles. The second-order valence-corrected chi connectivity index (χ2v) is 9.09. The van der Waals surface area contributed by atoms with Crippen LogP contribution in [0.25, 0.3) is 5.73 Å². The molecule has 0 saturated carbocycles. The van der Waals surface area contributed by atoms with Gasteiger partial charge in [0.05, 0.1) is 12.9 Å². The minimum Gasteiger partial charge on any atom is -0.677 e. The summed E-state index contributed by atoms with van der Waals surface area (Å²) in [5.41, 5.74) is 7.08. The molecule has 0 aromatic rings. The van der Waals surface area contributed by atoms with Gasteiger partial charge in [-0.3, -0.25) is 4.18 Å². The van der Waals surface area contributed by atoms with Gasteiger partial charge in [0.15, 0.2) is 0 Å². The molecule has 0 fully saturated rings. The first-order valence-corrected chi connectivity index (χ1v) is 12.5. The summed E-state index contributed by atoms with van der Waals surface area (Å²) in [7, 11) is -2.01. The summed E-state index contributed by atoms with van der Waals surface area (Å²) in [6.45, 7) is 4.44. The van der Waals surface area contributed by atoms with E-state index in [0.29, 0.717) is 6.54 Å². The summed E-state index contributed by atoms with van der Waals surface area (Å²) in [6, 6.07) is 0. The van der Waals surface area contributed by atoms with Crippen LogP contribution in [-0.2, 0) is 14.3 Å². The number of hydrogen-bond acceptors (Lipinski definition) is 3. The Morgan fingerprint density at radius 1 is 0.630 bits per heavy atom. The largest absolute Gasteiger partial charge is 1.00 e. The van der Waals surface area contributed by atoms with Crippen LogP contribution in [-0.4, -0.2) is 27.8 Å². The van der Waals surface area contributed by atoms with Gasteiger partial charge >= 0.3 is 29.6 Å². The van der Waals surface area contributed by atoms with E-state index in [1.165, 1.54) is 103 Å². The molecule has 0 heterocycles. The molecule has 0 spiro atoms. The molecule has 0 aliphatic heterocycles. The molecule has 0 radical (unpaired) electrons. The maximum atomic E-state index is 10.1.